The molecule has 0 saturated carbocycles. The van der Waals surface area contributed by atoms with Crippen LogP contribution in [-0.4, -0.2) is 32.2 Å². The first-order valence-electron chi connectivity index (χ1n) is 7.24. The van der Waals surface area contributed by atoms with Gasteiger partial charge in [0.2, 0.25) is 0 Å². The number of ether oxygens (including phenoxy) is 1. The Morgan fingerprint density at radius 1 is 1.39 bits per heavy atom. The number of hydrogen-bond acceptors (Lipinski definition) is 4. The average Bonchev–Trinajstić information content (AvgIpc) is 3.20. The molecule has 3 aromatic rings. The van der Waals surface area contributed by atoms with Gasteiger partial charge in [0.05, 0.1) is 18.0 Å². The van der Waals surface area contributed by atoms with Crippen molar-refractivity contribution < 1.29 is 9.53 Å². The smallest absolute Gasteiger partial charge is 0.255 e. The first kappa shape index (κ1) is 14.8. The zero-order valence-corrected chi connectivity index (χ0v) is 12.7. The molecule has 0 radical (unpaired) electrons. The molecule has 0 aliphatic rings. The van der Waals surface area contributed by atoms with Crippen LogP contribution in [0.4, 0.5) is 0 Å². The molecule has 0 atom stereocenters. The molecular formula is C16H17N5O2. The molecular weight excluding hydrogens is 294 g/mol. The van der Waals surface area contributed by atoms with Crippen LogP contribution in [-0.2, 0) is 13.5 Å². The van der Waals surface area contributed by atoms with Gasteiger partial charge < -0.3 is 15.0 Å². The largest absolute Gasteiger partial charge is 0.453 e. The van der Waals surface area contributed by atoms with Gasteiger partial charge in [0.25, 0.3) is 5.91 Å². The fourth-order valence-corrected chi connectivity index (χ4v) is 2.15. The average molecular weight is 311 g/mol. The fourth-order valence-electron chi connectivity index (χ4n) is 2.15. The summed E-state index contributed by atoms with van der Waals surface area (Å²) in [6.07, 6.45) is 7.43. The molecule has 0 bridgehead atoms. The molecule has 0 aliphatic carbocycles. The van der Waals surface area contributed by atoms with Crippen LogP contribution in [0.3, 0.4) is 0 Å². The van der Waals surface area contributed by atoms with E-state index in [1.54, 1.807) is 54.7 Å². The van der Waals surface area contributed by atoms with Crippen LogP contribution in [0.25, 0.3) is 0 Å². The maximum atomic E-state index is 12.3. The third-order valence-corrected chi connectivity index (χ3v) is 3.24. The van der Waals surface area contributed by atoms with Crippen LogP contribution in [0, 0.1) is 0 Å². The van der Waals surface area contributed by atoms with Gasteiger partial charge in [0, 0.05) is 32.4 Å². The van der Waals surface area contributed by atoms with Crippen LogP contribution < -0.4 is 10.1 Å². The summed E-state index contributed by atoms with van der Waals surface area (Å²) < 4.78 is 7.38. The van der Waals surface area contributed by atoms with Crippen LogP contribution in [0.15, 0.2) is 49.1 Å². The second kappa shape index (κ2) is 6.78. The topological polar surface area (TPSA) is 84.8 Å². The van der Waals surface area contributed by atoms with Crippen LogP contribution in [0.5, 0.6) is 11.5 Å². The van der Waals surface area contributed by atoms with E-state index in [0.717, 1.165) is 5.82 Å². The number of carbonyl (C=O) groups excluding carboxylic acids is 1. The highest BCUT2D eigenvalue weighted by molar-refractivity contribution is 5.97. The van der Waals surface area contributed by atoms with Crippen molar-refractivity contribution in [3.63, 3.8) is 0 Å². The van der Waals surface area contributed by atoms with Gasteiger partial charge in [-0.1, -0.05) is 12.1 Å². The Bertz CT molecular complexity index is 779. The number of aromatic amines is 1. The standard InChI is InChI=1S/C16H17N5O2/c1-21-11-12(10-20-21)23-14-5-3-2-4-13(14)16(22)19-7-6-15-17-8-9-18-15/h2-5,8-11H,6-7H2,1H3,(H,17,18)(H,19,22). The number of imidazole rings is 1. The molecule has 2 heterocycles. The Balaban J connectivity index is 1.65. The molecule has 23 heavy (non-hydrogen) atoms. The minimum atomic E-state index is -0.184. The zero-order valence-electron chi connectivity index (χ0n) is 12.7. The number of para-hydroxylation sites is 1. The third kappa shape index (κ3) is 3.76. The van der Waals surface area contributed by atoms with Gasteiger partial charge in [-0.15, -0.1) is 0 Å². The highest BCUT2D eigenvalue weighted by Crippen LogP contribution is 2.24. The van der Waals surface area contributed by atoms with E-state index in [0.29, 0.717) is 30.0 Å². The van der Waals surface area contributed by atoms with Crippen LogP contribution in [0.1, 0.15) is 16.2 Å². The molecule has 0 unspecified atom stereocenters. The summed E-state index contributed by atoms with van der Waals surface area (Å²) >= 11 is 0. The minimum absolute atomic E-state index is 0.184. The Labute approximate surface area is 133 Å². The predicted octanol–water partition coefficient (Wildman–Crippen LogP) is 1.91. The van der Waals surface area contributed by atoms with Crippen molar-refractivity contribution in [2.45, 2.75) is 6.42 Å². The van der Waals surface area contributed by atoms with Crippen molar-refractivity contribution in [2.75, 3.05) is 6.54 Å². The molecule has 0 spiro atoms. The minimum Gasteiger partial charge on any atom is -0.453 e. The Kier molecular flexibility index (Phi) is 4.37. The summed E-state index contributed by atoms with van der Waals surface area (Å²) in [6.45, 7) is 0.494. The van der Waals surface area contributed by atoms with Crippen molar-refractivity contribution in [3.05, 3.63) is 60.4 Å². The Hall–Kier alpha value is -3.09. The summed E-state index contributed by atoms with van der Waals surface area (Å²) in [4.78, 5) is 19.5. The summed E-state index contributed by atoms with van der Waals surface area (Å²) in [7, 11) is 1.81. The first-order chi connectivity index (χ1) is 11.2. The second-order valence-corrected chi connectivity index (χ2v) is 4.99. The lowest BCUT2D eigenvalue weighted by atomic mass is 10.2. The number of nitrogens with one attached hydrogen (secondary N) is 2. The van der Waals surface area contributed by atoms with Crippen molar-refractivity contribution in [3.8, 4) is 11.5 Å². The van der Waals surface area contributed by atoms with Crippen molar-refractivity contribution in [1.29, 1.82) is 0 Å². The highest BCUT2D eigenvalue weighted by Gasteiger charge is 2.13. The van der Waals surface area contributed by atoms with Gasteiger partial charge in [-0.25, -0.2) is 4.98 Å². The molecule has 0 aliphatic heterocycles. The van der Waals surface area contributed by atoms with Gasteiger partial charge in [-0.3, -0.25) is 9.48 Å². The van der Waals surface area contributed by atoms with Crippen molar-refractivity contribution in [1.82, 2.24) is 25.1 Å². The maximum Gasteiger partial charge on any atom is 0.255 e. The molecule has 7 heteroatoms. The number of rotatable bonds is 6. The number of hydrogen-bond donors (Lipinski definition) is 2. The number of H-pyrrole nitrogens is 1. The van der Waals surface area contributed by atoms with E-state index >= 15 is 0 Å². The van der Waals surface area contributed by atoms with E-state index in [-0.39, 0.29) is 5.91 Å². The lowest BCUT2D eigenvalue weighted by Crippen LogP contribution is -2.26. The summed E-state index contributed by atoms with van der Waals surface area (Å²) in [6, 6.07) is 7.12. The van der Waals surface area contributed by atoms with Crippen molar-refractivity contribution >= 4 is 5.91 Å². The number of amides is 1. The zero-order chi connectivity index (χ0) is 16.1. The lowest BCUT2D eigenvalue weighted by molar-refractivity contribution is 0.0951. The van der Waals surface area contributed by atoms with E-state index in [9.17, 15) is 4.79 Å². The van der Waals surface area contributed by atoms with E-state index in [1.165, 1.54) is 0 Å². The normalized spacial score (nSPS) is 10.5. The first-order valence-corrected chi connectivity index (χ1v) is 7.24. The molecule has 118 valence electrons. The lowest BCUT2D eigenvalue weighted by Gasteiger charge is -2.10. The van der Waals surface area contributed by atoms with Gasteiger partial charge >= 0.3 is 0 Å². The number of aryl methyl sites for hydroxylation is 1. The number of benzene rings is 1. The van der Waals surface area contributed by atoms with Crippen LogP contribution in [0.2, 0.25) is 0 Å². The van der Waals surface area contributed by atoms with Gasteiger partial charge in [-0.05, 0) is 12.1 Å². The molecule has 1 aromatic carbocycles. The highest BCUT2D eigenvalue weighted by atomic mass is 16.5. The quantitative estimate of drug-likeness (QED) is 0.728. The molecule has 0 fully saturated rings. The van der Waals surface area contributed by atoms with Crippen molar-refractivity contribution in [2.24, 2.45) is 7.05 Å². The predicted molar refractivity (Wildman–Crippen MR) is 84.3 cm³/mol. The SMILES string of the molecule is Cn1cc(Oc2ccccc2C(=O)NCCc2ncc[nH]2)cn1. The summed E-state index contributed by atoms with van der Waals surface area (Å²) in [5.74, 6) is 1.74. The summed E-state index contributed by atoms with van der Waals surface area (Å²) in [5, 5.41) is 6.91. The van der Waals surface area contributed by atoms with E-state index < -0.39 is 0 Å². The monoisotopic (exact) mass is 311 g/mol. The molecule has 2 aromatic heterocycles. The number of nitrogens with zero attached hydrogens (tertiary/aromatic N) is 3. The number of aromatic nitrogens is 4. The molecule has 2 N–H and O–H groups in total. The molecule has 7 nitrogen and oxygen atoms in total. The van der Waals surface area contributed by atoms with E-state index in [4.69, 9.17) is 4.74 Å². The Morgan fingerprint density at radius 3 is 3.00 bits per heavy atom. The van der Waals surface area contributed by atoms with Gasteiger partial charge in [0.1, 0.15) is 11.6 Å². The van der Waals surface area contributed by atoms with Crippen LogP contribution >= 0.6 is 0 Å². The fraction of sp³-hybridized carbons (Fsp3) is 0.188. The second-order valence-electron chi connectivity index (χ2n) is 4.99. The maximum absolute atomic E-state index is 12.3. The molecule has 1 amide bonds. The van der Waals surface area contributed by atoms with E-state index in [2.05, 4.69) is 20.4 Å². The van der Waals surface area contributed by atoms with Gasteiger partial charge in [-0.2, -0.15) is 5.10 Å². The number of carbonyl (C=O) groups is 1. The molecule has 0 saturated heterocycles. The summed E-state index contributed by atoms with van der Waals surface area (Å²) in [5.41, 5.74) is 0.482. The molecule has 3 rings (SSSR count). The van der Waals surface area contributed by atoms with Gasteiger partial charge in [0.15, 0.2) is 5.75 Å². The third-order valence-electron chi connectivity index (χ3n) is 3.24. The Morgan fingerprint density at radius 2 is 2.26 bits per heavy atom. The van der Waals surface area contributed by atoms with E-state index in [1.807, 2.05) is 6.07 Å².